The van der Waals surface area contributed by atoms with Crippen LogP contribution in [0.15, 0.2) is 71.6 Å². The van der Waals surface area contributed by atoms with Crippen LogP contribution in [-0.2, 0) is 10.0 Å². The summed E-state index contributed by atoms with van der Waals surface area (Å²) in [6.45, 7) is 0.290. The SMILES string of the molecule is COc1cccc(S(=O)(=O)N2CC[C@@H]3[C@H]2c2cc(-c4ccc(C#N)cc4)ccc2N[C@@H]3CO)c1. The number of hydrogen-bond acceptors (Lipinski definition) is 6. The van der Waals surface area contributed by atoms with Gasteiger partial charge in [0.1, 0.15) is 5.75 Å². The predicted octanol–water partition coefficient (Wildman–Crippen LogP) is 3.77. The van der Waals surface area contributed by atoms with Gasteiger partial charge in [-0.15, -0.1) is 0 Å². The summed E-state index contributed by atoms with van der Waals surface area (Å²) < 4.78 is 34.3. The highest BCUT2D eigenvalue weighted by Gasteiger charge is 2.48. The largest absolute Gasteiger partial charge is 0.497 e. The van der Waals surface area contributed by atoms with Crippen LogP contribution in [0.1, 0.15) is 23.6 Å². The van der Waals surface area contributed by atoms with E-state index in [-0.39, 0.29) is 23.5 Å². The summed E-state index contributed by atoms with van der Waals surface area (Å²) in [7, 11) is -2.28. The molecule has 0 aliphatic carbocycles. The van der Waals surface area contributed by atoms with E-state index in [1.807, 2.05) is 30.3 Å². The molecule has 7 nitrogen and oxygen atoms in total. The number of fused-ring (bicyclic) bond motifs is 3. The molecule has 2 heterocycles. The molecule has 34 heavy (non-hydrogen) atoms. The maximum atomic E-state index is 13.7. The topological polar surface area (TPSA) is 103 Å². The van der Waals surface area contributed by atoms with E-state index in [0.29, 0.717) is 24.3 Å². The lowest BCUT2D eigenvalue weighted by Crippen LogP contribution is -2.42. The standard InChI is InChI=1S/C26H25N3O4S/c1-33-20-3-2-4-21(14-20)34(31,32)29-12-11-22-25(16-30)28-24-10-9-19(13-23(24)26(22)29)18-7-5-17(15-27)6-8-18/h2-10,13-14,22,25-26,28,30H,11-12,16H2,1H3/t22-,25+,26-/m0/s1. The van der Waals surface area contributed by atoms with Crippen molar-refractivity contribution in [1.29, 1.82) is 5.26 Å². The molecule has 1 saturated heterocycles. The van der Waals surface area contributed by atoms with Gasteiger partial charge in [0.15, 0.2) is 0 Å². The van der Waals surface area contributed by atoms with Crippen LogP contribution in [0.4, 0.5) is 5.69 Å². The van der Waals surface area contributed by atoms with Crippen molar-refractivity contribution < 1.29 is 18.3 Å². The normalized spacial score (nSPS) is 21.7. The molecule has 2 aliphatic heterocycles. The number of hydrogen-bond donors (Lipinski definition) is 2. The summed E-state index contributed by atoms with van der Waals surface area (Å²) in [5.41, 5.74) is 4.19. The first-order chi connectivity index (χ1) is 16.5. The van der Waals surface area contributed by atoms with Gasteiger partial charge in [-0.2, -0.15) is 9.57 Å². The second kappa shape index (κ2) is 8.76. The second-order valence-electron chi connectivity index (χ2n) is 8.62. The Labute approximate surface area is 199 Å². The smallest absolute Gasteiger partial charge is 0.243 e. The number of methoxy groups -OCH3 is 1. The fourth-order valence-electron chi connectivity index (χ4n) is 5.10. The minimum atomic E-state index is -3.79. The molecule has 0 spiro atoms. The van der Waals surface area contributed by atoms with Crippen LogP contribution in [0.3, 0.4) is 0 Å². The minimum Gasteiger partial charge on any atom is -0.497 e. The molecule has 3 atom stereocenters. The Hall–Kier alpha value is -3.38. The number of nitrogens with zero attached hydrogens (tertiary/aromatic N) is 2. The van der Waals surface area contributed by atoms with Gasteiger partial charge in [0.05, 0.1) is 42.3 Å². The van der Waals surface area contributed by atoms with Crippen LogP contribution in [0, 0.1) is 17.2 Å². The van der Waals surface area contributed by atoms with Crippen molar-refractivity contribution in [1.82, 2.24) is 4.31 Å². The van der Waals surface area contributed by atoms with Crippen molar-refractivity contribution >= 4 is 15.7 Å². The molecule has 2 aliphatic rings. The Kier molecular flexibility index (Phi) is 5.78. The first-order valence-corrected chi connectivity index (χ1v) is 12.6. The van der Waals surface area contributed by atoms with Gasteiger partial charge in [-0.25, -0.2) is 8.42 Å². The molecular formula is C26H25N3O4S. The zero-order valence-electron chi connectivity index (χ0n) is 18.7. The molecule has 1 fully saturated rings. The number of nitrogens with one attached hydrogen (secondary N) is 1. The zero-order valence-corrected chi connectivity index (χ0v) is 19.5. The number of anilines is 1. The Morgan fingerprint density at radius 3 is 2.59 bits per heavy atom. The van der Waals surface area contributed by atoms with Gasteiger partial charge in [-0.05, 0) is 59.5 Å². The van der Waals surface area contributed by atoms with E-state index in [1.165, 1.54) is 7.11 Å². The molecule has 0 amide bonds. The summed E-state index contributed by atoms with van der Waals surface area (Å²) in [5.74, 6) is 0.424. The van der Waals surface area contributed by atoms with E-state index >= 15 is 0 Å². The second-order valence-corrected chi connectivity index (χ2v) is 10.5. The Morgan fingerprint density at radius 2 is 1.88 bits per heavy atom. The third-order valence-corrected chi connectivity index (χ3v) is 8.70. The number of rotatable bonds is 5. The summed E-state index contributed by atoms with van der Waals surface area (Å²) >= 11 is 0. The van der Waals surface area contributed by atoms with E-state index in [1.54, 1.807) is 40.7 Å². The van der Waals surface area contributed by atoms with Crippen molar-refractivity contribution in [3.63, 3.8) is 0 Å². The molecular weight excluding hydrogens is 450 g/mol. The van der Waals surface area contributed by atoms with Gasteiger partial charge in [0.25, 0.3) is 0 Å². The molecule has 0 unspecified atom stereocenters. The van der Waals surface area contributed by atoms with Crippen LogP contribution in [0.5, 0.6) is 5.75 Å². The van der Waals surface area contributed by atoms with Crippen LogP contribution >= 0.6 is 0 Å². The van der Waals surface area contributed by atoms with Crippen molar-refractivity contribution in [2.24, 2.45) is 5.92 Å². The van der Waals surface area contributed by atoms with Gasteiger partial charge in [-0.3, -0.25) is 0 Å². The van der Waals surface area contributed by atoms with E-state index in [4.69, 9.17) is 10.00 Å². The van der Waals surface area contributed by atoms with Crippen LogP contribution in [-0.4, -0.2) is 44.1 Å². The van der Waals surface area contributed by atoms with Crippen molar-refractivity contribution in [3.8, 4) is 22.9 Å². The van der Waals surface area contributed by atoms with E-state index in [9.17, 15) is 13.5 Å². The van der Waals surface area contributed by atoms with Gasteiger partial charge in [0, 0.05) is 24.2 Å². The molecule has 3 aromatic rings. The van der Waals surface area contributed by atoms with Crippen LogP contribution in [0.25, 0.3) is 11.1 Å². The third kappa shape index (κ3) is 3.72. The minimum absolute atomic E-state index is 0.0610. The number of sulfonamides is 1. The Balaban J connectivity index is 1.59. The summed E-state index contributed by atoms with van der Waals surface area (Å²) in [6, 6.07) is 21.3. The Morgan fingerprint density at radius 1 is 1.12 bits per heavy atom. The van der Waals surface area contributed by atoms with E-state index in [2.05, 4.69) is 11.4 Å². The fourth-order valence-corrected chi connectivity index (χ4v) is 6.81. The van der Waals surface area contributed by atoms with Gasteiger partial charge < -0.3 is 15.2 Å². The lowest BCUT2D eigenvalue weighted by atomic mass is 9.82. The van der Waals surface area contributed by atoms with Crippen molar-refractivity contribution in [2.45, 2.75) is 23.4 Å². The van der Waals surface area contributed by atoms with Crippen LogP contribution in [0.2, 0.25) is 0 Å². The molecule has 5 rings (SSSR count). The van der Waals surface area contributed by atoms with Crippen molar-refractivity contribution in [2.75, 3.05) is 25.6 Å². The molecule has 0 radical (unpaired) electrons. The Bertz CT molecular complexity index is 1370. The quantitative estimate of drug-likeness (QED) is 0.582. The predicted molar refractivity (Wildman–Crippen MR) is 129 cm³/mol. The first kappa shape index (κ1) is 22.4. The lowest BCUT2D eigenvalue weighted by Gasteiger charge is -2.39. The lowest BCUT2D eigenvalue weighted by molar-refractivity contribution is 0.210. The molecule has 174 valence electrons. The van der Waals surface area contributed by atoms with Gasteiger partial charge in [0.2, 0.25) is 10.0 Å². The number of aliphatic hydroxyl groups excluding tert-OH is 1. The fraction of sp³-hybridized carbons (Fsp3) is 0.269. The van der Waals surface area contributed by atoms with E-state index < -0.39 is 16.1 Å². The van der Waals surface area contributed by atoms with Gasteiger partial charge in [-0.1, -0.05) is 24.3 Å². The molecule has 0 aromatic heterocycles. The molecule has 2 N–H and O–H groups in total. The van der Waals surface area contributed by atoms with Crippen molar-refractivity contribution in [3.05, 3.63) is 77.9 Å². The monoisotopic (exact) mass is 475 g/mol. The summed E-state index contributed by atoms with van der Waals surface area (Å²) in [6.07, 6.45) is 0.645. The molecule has 0 bridgehead atoms. The van der Waals surface area contributed by atoms with E-state index in [0.717, 1.165) is 22.4 Å². The zero-order chi connectivity index (χ0) is 23.9. The first-order valence-electron chi connectivity index (χ1n) is 11.1. The highest BCUT2D eigenvalue weighted by atomic mass is 32.2. The van der Waals surface area contributed by atoms with Crippen LogP contribution < -0.4 is 10.1 Å². The average molecular weight is 476 g/mol. The third-order valence-electron chi connectivity index (χ3n) is 6.82. The number of benzene rings is 3. The number of nitriles is 1. The molecule has 3 aromatic carbocycles. The average Bonchev–Trinajstić information content (AvgIpc) is 3.34. The summed E-state index contributed by atoms with van der Waals surface area (Å²) in [4.78, 5) is 0.191. The maximum Gasteiger partial charge on any atom is 0.243 e. The number of aliphatic hydroxyl groups is 1. The highest BCUT2D eigenvalue weighted by Crippen LogP contribution is 2.49. The molecule has 8 heteroatoms. The number of ether oxygens (including phenoxy) is 1. The summed E-state index contributed by atoms with van der Waals surface area (Å²) in [5, 5.41) is 22.5. The van der Waals surface area contributed by atoms with Gasteiger partial charge >= 0.3 is 0 Å². The highest BCUT2D eigenvalue weighted by molar-refractivity contribution is 7.89. The molecule has 0 saturated carbocycles. The maximum absolute atomic E-state index is 13.7.